The van der Waals surface area contributed by atoms with Crippen LogP contribution >= 0.6 is 0 Å². The van der Waals surface area contributed by atoms with Crippen LogP contribution in [0.25, 0.3) is 0 Å². The van der Waals surface area contributed by atoms with Crippen molar-refractivity contribution in [3.05, 3.63) is 59.2 Å². The molecule has 2 aromatic rings. The minimum Gasteiger partial charge on any atom is -0.493 e. The molecule has 1 fully saturated rings. The van der Waals surface area contributed by atoms with Crippen LogP contribution in [0.4, 0.5) is 0 Å². The van der Waals surface area contributed by atoms with Crippen molar-refractivity contribution in [2.45, 2.75) is 13.1 Å². The first-order valence-electron chi connectivity index (χ1n) is 9.96. The lowest BCUT2D eigenvalue weighted by molar-refractivity contribution is 0.0827. The maximum absolute atomic E-state index is 12.2. The molecular formula is C23H31N3O3. The van der Waals surface area contributed by atoms with E-state index in [9.17, 15) is 4.79 Å². The van der Waals surface area contributed by atoms with E-state index in [2.05, 4.69) is 28.0 Å². The van der Waals surface area contributed by atoms with Gasteiger partial charge in [-0.25, -0.2) is 0 Å². The molecule has 1 heterocycles. The molecule has 1 aliphatic rings. The predicted molar refractivity (Wildman–Crippen MR) is 115 cm³/mol. The molecule has 156 valence electrons. The number of rotatable bonds is 7. The van der Waals surface area contributed by atoms with Crippen molar-refractivity contribution < 1.29 is 14.3 Å². The van der Waals surface area contributed by atoms with Gasteiger partial charge in [0, 0.05) is 58.9 Å². The van der Waals surface area contributed by atoms with E-state index in [1.807, 2.05) is 24.3 Å². The lowest BCUT2D eigenvalue weighted by Gasteiger charge is -2.34. The summed E-state index contributed by atoms with van der Waals surface area (Å²) >= 11 is 0. The number of hydrogen-bond donors (Lipinski definition) is 0. The Bertz CT molecular complexity index is 830. The van der Waals surface area contributed by atoms with Gasteiger partial charge in [0.05, 0.1) is 14.2 Å². The fourth-order valence-electron chi connectivity index (χ4n) is 3.66. The molecule has 0 aromatic heterocycles. The van der Waals surface area contributed by atoms with Gasteiger partial charge in [-0.2, -0.15) is 0 Å². The zero-order chi connectivity index (χ0) is 20.8. The number of nitrogens with zero attached hydrogens (tertiary/aromatic N) is 3. The van der Waals surface area contributed by atoms with E-state index >= 15 is 0 Å². The van der Waals surface area contributed by atoms with Crippen LogP contribution in [0.1, 0.15) is 21.5 Å². The second-order valence-electron chi connectivity index (χ2n) is 7.64. The smallest absolute Gasteiger partial charge is 0.253 e. The molecule has 0 atom stereocenters. The monoisotopic (exact) mass is 397 g/mol. The van der Waals surface area contributed by atoms with Crippen LogP contribution in [0, 0.1) is 0 Å². The Kier molecular flexibility index (Phi) is 7.12. The van der Waals surface area contributed by atoms with Crippen LogP contribution in [0.15, 0.2) is 42.5 Å². The van der Waals surface area contributed by atoms with Gasteiger partial charge in [0.1, 0.15) is 0 Å². The van der Waals surface area contributed by atoms with Crippen molar-refractivity contribution in [3.63, 3.8) is 0 Å². The van der Waals surface area contributed by atoms with Crippen LogP contribution in [0.5, 0.6) is 11.5 Å². The molecule has 0 aliphatic carbocycles. The van der Waals surface area contributed by atoms with Crippen LogP contribution in [-0.2, 0) is 13.1 Å². The first-order chi connectivity index (χ1) is 14.0. The van der Waals surface area contributed by atoms with Gasteiger partial charge in [-0.1, -0.05) is 18.2 Å². The summed E-state index contributed by atoms with van der Waals surface area (Å²) in [5.74, 6) is 1.58. The Balaban J connectivity index is 1.53. The van der Waals surface area contributed by atoms with Crippen molar-refractivity contribution in [2.75, 3.05) is 54.5 Å². The molecule has 0 saturated carbocycles. The van der Waals surface area contributed by atoms with Gasteiger partial charge in [0.25, 0.3) is 5.91 Å². The van der Waals surface area contributed by atoms with Gasteiger partial charge in [-0.15, -0.1) is 0 Å². The first kappa shape index (κ1) is 21.1. The highest BCUT2D eigenvalue weighted by Crippen LogP contribution is 2.28. The molecule has 0 N–H and O–H groups in total. The number of ether oxygens (including phenoxy) is 2. The second kappa shape index (κ2) is 9.76. The standard InChI is InChI=1S/C23H31N3O3/c1-24(2)23(27)20-7-5-6-18(14-20)16-25-10-12-26(13-11-25)17-19-8-9-21(28-3)22(15-19)29-4/h5-9,14-15H,10-13,16-17H2,1-4H3. The van der Waals surface area contributed by atoms with Crippen molar-refractivity contribution in [2.24, 2.45) is 0 Å². The molecular weight excluding hydrogens is 366 g/mol. The molecule has 0 spiro atoms. The normalized spacial score (nSPS) is 15.2. The molecule has 0 radical (unpaired) electrons. The summed E-state index contributed by atoms with van der Waals surface area (Å²) in [6.07, 6.45) is 0. The van der Waals surface area contributed by atoms with Crippen molar-refractivity contribution in [1.29, 1.82) is 0 Å². The first-order valence-corrected chi connectivity index (χ1v) is 9.96. The lowest BCUT2D eigenvalue weighted by atomic mass is 10.1. The Hall–Kier alpha value is -2.57. The van der Waals surface area contributed by atoms with Gasteiger partial charge in [0.2, 0.25) is 0 Å². The number of hydrogen-bond acceptors (Lipinski definition) is 5. The third-order valence-electron chi connectivity index (χ3n) is 5.31. The van der Waals surface area contributed by atoms with E-state index in [1.165, 1.54) is 11.1 Å². The number of carbonyl (C=O) groups is 1. The molecule has 29 heavy (non-hydrogen) atoms. The Morgan fingerprint density at radius 2 is 1.45 bits per heavy atom. The summed E-state index contributed by atoms with van der Waals surface area (Å²) in [6, 6.07) is 14.1. The van der Waals surface area contributed by atoms with Gasteiger partial charge < -0.3 is 14.4 Å². The summed E-state index contributed by atoms with van der Waals surface area (Å²) in [6.45, 7) is 5.84. The van der Waals surface area contributed by atoms with Crippen LogP contribution in [0.2, 0.25) is 0 Å². The molecule has 0 unspecified atom stereocenters. The maximum atomic E-state index is 12.2. The highest BCUT2D eigenvalue weighted by atomic mass is 16.5. The highest BCUT2D eigenvalue weighted by molar-refractivity contribution is 5.94. The minimum absolute atomic E-state index is 0.0478. The van der Waals surface area contributed by atoms with E-state index in [0.717, 1.165) is 56.3 Å². The molecule has 3 rings (SSSR count). The fraction of sp³-hybridized carbons (Fsp3) is 0.435. The summed E-state index contributed by atoms with van der Waals surface area (Å²) in [7, 11) is 6.89. The maximum Gasteiger partial charge on any atom is 0.253 e. The molecule has 1 saturated heterocycles. The van der Waals surface area contributed by atoms with Gasteiger partial charge in [0.15, 0.2) is 11.5 Å². The number of amides is 1. The van der Waals surface area contributed by atoms with Crippen LogP contribution < -0.4 is 9.47 Å². The van der Waals surface area contributed by atoms with E-state index in [4.69, 9.17) is 9.47 Å². The van der Waals surface area contributed by atoms with Crippen LogP contribution in [0.3, 0.4) is 0 Å². The van der Waals surface area contributed by atoms with Crippen molar-refractivity contribution >= 4 is 5.91 Å². The topological polar surface area (TPSA) is 45.2 Å². The zero-order valence-electron chi connectivity index (χ0n) is 17.9. The third-order valence-corrected chi connectivity index (χ3v) is 5.31. The van der Waals surface area contributed by atoms with Gasteiger partial charge in [-0.3, -0.25) is 14.6 Å². The minimum atomic E-state index is 0.0478. The molecule has 6 heteroatoms. The average molecular weight is 398 g/mol. The SMILES string of the molecule is COc1ccc(CN2CCN(Cc3cccc(C(=O)N(C)C)c3)CC2)cc1OC. The largest absolute Gasteiger partial charge is 0.493 e. The summed E-state index contributed by atoms with van der Waals surface area (Å²) < 4.78 is 10.7. The number of benzene rings is 2. The fourth-order valence-corrected chi connectivity index (χ4v) is 3.66. The number of methoxy groups -OCH3 is 2. The van der Waals surface area contributed by atoms with Crippen molar-refractivity contribution in [1.82, 2.24) is 14.7 Å². The Morgan fingerprint density at radius 1 is 0.862 bits per heavy atom. The molecule has 6 nitrogen and oxygen atoms in total. The summed E-state index contributed by atoms with van der Waals surface area (Å²) in [4.78, 5) is 18.7. The zero-order valence-corrected chi connectivity index (χ0v) is 17.9. The molecule has 1 aliphatic heterocycles. The van der Waals surface area contributed by atoms with E-state index in [-0.39, 0.29) is 5.91 Å². The molecule has 0 bridgehead atoms. The van der Waals surface area contributed by atoms with Gasteiger partial charge >= 0.3 is 0 Å². The highest BCUT2D eigenvalue weighted by Gasteiger charge is 2.18. The Morgan fingerprint density at radius 3 is 2.00 bits per heavy atom. The number of carbonyl (C=O) groups excluding carboxylic acids is 1. The summed E-state index contributed by atoms with van der Waals surface area (Å²) in [5, 5.41) is 0. The van der Waals surface area contributed by atoms with E-state index in [0.29, 0.717) is 0 Å². The second-order valence-corrected chi connectivity index (χ2v) is 7.64. The van der Waals surface area contributed by atoms with Crippen molar-refractivity contribution in [3.8, 4) is 11.5 Å². The molecule has 2 aromatic carbocycles. The number of piperazine rings is 1. The lowest BCUT2D eigenvalue weighted by Crippen LogP contribution is -2.45. The van der Waals surface area contributed by atoms with Crippen LogP contribution in [-0.4, -0.2) is 75.1 Å². The summed E-state index contributed by atoms with van der Waals surface area (Å²) in [5.41, 5.74) is 3.16. The average Bonchev–Trinajstić information content (AvgIpc) is 2.74. The van der Waals surface area contributed by atoms with Gasteiger partial charge in [-0.05, 0) is 35.4 Å². The Labute approximate surface area is 173 Å². The van der Waals surface area contributed by atoms with E-state index in [1.54, 1.807) is 33.2 Å². The predicted octanol–water partition coefficient (Wildman–Crippen LogP) is 2.72. The third kappa shape index (κ3) is 5.49. The van der Waals surface area contributed by atoms with E-state index < -0.39 is 0 Å². The molecule has 1 amide bonds. The quantitative estimate of drug-likeness (QED) is 0.719.